The number of hydrogen-bond acceptors (Lipinski definition) is 8. The minimum atomic E-state index is -0.828. The third kappa shape index (κ3) is 6.22. The van der Waals surface area contributed by atoms with Crippen LogP contribution in [-0.2, 0) is 9.59 Å². The molecule has 3 rings (SSSR count). The largest absolute Gasteiger partial charge is 0.507 e. The molecule has 1 atom stereocenters. The summed E-state index contributed by atoms with van der Waals surface area (Å²) in [5, 5.41) is 11.6. The second-order valence-corrected chi connectivity index (χ2v) is 9.08. The van der Waals surface area contributed by atoms with E-state index in [1.54, 1.807) is 43.5 Å². The third-order valence-electron chi connectivity index (χ3n) is 6.11. The molecule has 206 valence electrons. The Hall–Kier alpha value is -3.72. The Balaban J connectivity index is 2.21. The van der Waals surface area contributed by atoms with E-state index in [9.17, 15) is 14.7 Å². The Morgan fingerprint density at radius 3 is 2.32 bits per heavy atom. The van der Waals surface area contributed by atoms with Crippen molar-refractivity contribution < 1.29 is 33.6 Å². The molecule has 1 heterocycles. The molecule has 2 aromatic carbocycles. The van der Waals surface area contributed by atoms with Gasteiger partial charge in [0, 0.05) is 19.2 Å². The number of benzene rings is 2. The monoisotopic (exact) mass is 526 g/mol. The number of rotatable bonds is 13. The number of ketones is 1. The summed E-state index contributed by atoms with van der Waals surface area (Å²) in [5.74, 6) is 0.237. The third-order valence-corrected chi connectivity index (χ3v) is 6.11. The minimum absolute atomic E-state index is 0.00882. The highest BCUT2D eigenvalue weighted by Crippen LogP contribution is 2.43. The zero-order valence-electron chi connectivity index (χ0n) is 23.1. The van der Waals surface area contributed by atoms with Crippen LogP contribution in [0.15, 0.2) is 42.0 Å². The number of likely N-dealkylation sites (N-methyl/N-ethyl adjacent to an activating group) is 1. The number of aliphatic hydroxyl groups is 1. The second kappa shape index (κ2) is 13.2. The summed E-state index contributed by atoms with van der Waals surface area (Å²) in [6.45, 7) is 7.80. The maximum Gasteiger partial charge on any atom is 0.295 e. The summed E-state index contributed by atoms with van der Waals surface area (Å²) in [6.07, 6.45) is 0.798. The molecule has 9 nitrogen and oxygen atoms in total. The number of methoxy groups -OCH3 is 1. The number of Topliss-reactive ketones (excluding diaryl/α,β-unsaturated/α-hetero) is 1. The topological polar surface area (TPSA) is 97.8 Å². The summed E-state index contributed by atoms with van der Waals surface area (Å²) in [6, 6.07) is 9.47. The fourth-order valence-electron chi connectivity index (χ4n) is 4.33. The Morgan fingerprint density at radius 2 is 1.68 bits per heavy atom. The van der Waals surface area contributed by atoms with Gasteiger partial charge in [0.1, 0.15) is 17.3 Å². The highest BCUT2D eigenvalue weighted by atomic mass is 16.5. The minimum Gasteiger partial charge on any atom is -0.507 e. The first-order valence-electron chi connectivity index (χ1n) is 12.9. The van der Waals surface area contributed by atoms with E-state index in [0.717, 1.165) is 6.42 Å². The number of hydrogen-bond donors (Lipinski definition) is 1. The van der Waals surface area contributed by atoms with Crippen LogP contribution in [0.25, 0.3) is 5.76 Å². The van der Waals surface area contributed by atoms with Crippen molar-refractivity contribution in [2.45, 2.75) is 33.2 Å². The molecular weight excluding hydrogens is 488 g/mol. The lowest BCUT2D eigenvalue weighted by Crippen LogP contribution is -2.35. The van der Waals surface area contributed by atoms with Gasteiger partial charge in [-0.3, -0.25) is 9.59 Å². The van der Waals surface area contributed by atoms with E-state index in [-0.39, 0.29) is 17.9 Å². The van der Waals surface area contributed by atoms with E-state index in [0.29, 0.717) is 60.5 Å². The molecule has 0 aliphatic carbocycles. The second-order valence-electron chi connectivity index (χ2n) is 9.08. The predicted molar refractivity (Wildman–Crippen MR) is 145 cm³/mol. The first-order valence-corrected chi connectivity index (χ1v) is 12.9. The number of carbonyl (C=O) groups is 2. The van der Waals surface area contributed by atoms with Crippen LogP contribution in [0.4, 0.5) is 0 Å². The average Bonchev–Trinajstić information content (AvgIpc) is 3.15. The van der Waals surface area contributed by atoms with Gasteiger partial charge in [-0.25, -0.2) is 0 Å². The normalized spacial score (nSPS) is 16.7. The Bertz CT molecular complexity index is 1180. The summed E-state index contributed by atoms with van der Waals surface area (Å²) < 4.78 is 22.7. The van der Waals surface area contributed by atoms with Crippen LogP contribution in [-0.4, -0.2) is 80.7 Å². The van der Waals surface area contributed by atoms with Crippen molar-refractivity contribution >= 4 is 17.4 Å². The molecule has 2 aromatic rings. The van der Waals surface area contributed by atoms with Gasteiger partial charge in [0.25, 0.3) is 11.7 Å². The molecule has 0 bridgehead atoms. The van der Waals surface area contributed by atoms with Crippen LogP contribution in [0, 0.1) is 0 Å². The summed E-state index contributed by atoms with van der Waals surface area (Å²) >= 11 is 0. The lowest BCUT2D eigenvalue weighted by molar-refractivity contribution is -0.140. The molecule has 1 aliphatic rings. The molecule has 0 radical (unpaired) electrons. The number of aliphatic hydroxyl groups excluding tert-OH is 1. The van der Waals surface area contributed by atoms with Crippen molar-refractivity contribution in [1.82, 2.24) is 9.80 Å². The van der Waals surface area contributed by atoms with Crippen LogP contribution in [0.2, 0.25) is 0 Å². The summed E-state index contributed by atoms with van der Waals surface area (Å²) in [4.78, 5) is 30.1. The van der Waals surface area contributed by atoms with Crippen LogP contribution >= 0.6 is 0 Å². The molecule has 0 spiro atoms. The Morgan fingerprint density at radius 1 is 0.947 bits per heavy atom. The fourth-order valence-corrected chi connectivity index (χ4v) is 4.33. The lowest BCUT2D eigenvalue weighted by atomic mass is 9.94. The van der Waals surface area contributed by atoms with Crippen molar-refractivity contribution in [3.63, 3.8) is 0 Å². The first-order chi connectivity index (χ1) is 18.3. The van der Waals surface area contributed by atoms with Crippen molar-refractivity contribution in [2.24, 2.45) is 0 Å². The molecule has 0 aromatic heterocycles. The molecular formula is C29H38N2O7. The molecule has 38 heavy (non-hydrogen) atoms. The smallest absolute Gasteiger partial charge is 0.295 e. The van der Waals surface area contributed by atoms with Crippen molar-refractivity contribution in [3.05, 3.63) is 53.1 Å². The lowest BCUT2D eigenvalue weighted by Gasteiger charge is -2.27. The zero-order chi connectivity index (χ0) is 27.8. The highest BCUT2D eigenvalue weighted by molar-refractivity contribution is 6.46. The Kier molecular flexibility index (Phi) is 10.0. The van der Waals surface area contributed by atoms with Gasteiger partial charge in [-0.15, -0.1) is 0 Å². The fraction of sp³-hybridized carbons (Fsp3) is 0.448. The maximum atomic E-state index is 13.4. The van der Waals surface area contributed by atoms with Gasteiger partial charge in [0.05, 0.1) is 44.1 Å². The van der Waals surface area contributed by atoms with E-state index in [1.807, 2.05) is 39.8 Å². The molecule has 0 saturated carbocycles. The molecule has 1 N–H and O–H groups in total. The molecule has 1 fully saturated rings. The quantitative estimate of drug-likeness (QED) is 0.235. The van der Waals surface area contributed by atoms with Crippen LogP contribution < -0.4 is 18.9 Å². The molecule has 1 saturated heterocycles. The molecule has 1 unspecified atom stereocenters. The van der Waals surface area contributed by atoms with Gasteiger partial charge in [0.2, 0.25) is 0 Å². The van der Waals surface area contributed by atoms with Gasteiger partial charge in [-0.2, -0.15) is 0 Å². The number of nitrogens with zero attached hydrogens (tertiary/aromatic N) is 2. The summed E-state index contributed by atoms with van der Waals surface area (Å²) in [7, 11) is 5.34. The standard InChI is InChI=1S/C29H38N2O7/c1-7-16-38-24-17-19(10-13-22(24)35-6)26-25(28(33)29(34)31(26)15-14-30(4)5)27(32)21-12-11-20(36-8-2)18-23(21)37-9-3/h10-13,17-18,26,32H,7-9,14-16H2,1-6H3/b27-25+. The van der Waals surface area contributed by atoms with E-state index in [2.05, 4.69) is 0 Å². The predicted octanol–water partition coefficient (Wildman–Crippen LogP) is 4.26. The van der Waals surface area contributed by atoms with Gasteiger partial charge in [-0.1, -0.05) is 13.0 Å². The van der Waals surface area contributed by atoms with Gasteiger partial charge in [0.15, 0.2) is 11.5 Å². The highest BCUT2D eigenvalue weighted by Gasteiger charge is 2.46. The number of likely N-dealkylation sites (tertiary alicyclic amines) is 1. The van der Waals surface area contributed by atoms with E-state index in [4.69, 9.17) is 18.9 Å². The van der Waals surface area contributed by atoms with Gasteiger partial charge < -0.3 is 33.9 Å². The first kappa shape index (κ1) is 28.8. The van der Waals surface area contributed by atoms with E-state index >= 15 is 0 Å². The zero-order valence-corrected chi connectivity index (χ0v) is 23.1. The van der Waals surface area contributed by atoms with Gasteiger partial charge >= 0.3 is 0 Å². The van der Waals surface area contributed by atoms with Crippen molar-refractivity contribution in [2.75, 3.05) is 54.1 Å². The SMILES string of the molecule is CCCOc1cc(C2/C(=C(\O)c3ccc(OCC)cc3OCC)C(=O)C(=O)N2CCN(C)C)ccc1OC. The summed E-state index contributed by atoms with van der Waals surface area (Å²) in [5.41, 5.74) is 0.924. The molecule has 9 heteroatoms. The number of ether oxygens (including phenoxy) is 4. The van der Waals surface area contributed by atoms with Crippen LogP contribution in [0.3, 0.4) is 0 Å². The number of carbonyl (C=O) groups excluding carboxylic acids is 2. The van der Waals surface area contributed by atoms with Crippen molar-refractivity contribution in [3.8, 4) is 23.0 Å². The van der Waals surface area contributed by atoms with Crippen molar-refractivity contribution in [1.29, 1.82) is 0 Å². The van der Waals surface area contributed by atoms with Crippen LogP contribution in [0.5, 0.6) is 23.0 Å². The molecule has 1 amide bonds. The van der Waals surface area contributed by atoms with E-state index in [1.165, 1.54) is 4.90 Å². The van der Waals surface area contributed by atoms with Crippen LogP contribution in [0.1, 0.15) is 44.4 Å². The van der Waals surface area contributed by atoms with E-state index < -0.39 is 17.7 Å². The average molecular weight is 527 g/mol. The Labute approximate surface area is 224 Å². The number of amides is 1. The molecule has 1 aliphatic heterocycles. The maximum absolute atomic E-state index is 13.4. The van der Waals surface area contributed by atoms with Gasteiger partial charge in [-0.05, 0) is 64.2 Å².